The van der Waals surface area contributed by atoms with Gasteiger partial charge in [-0.05, 0) is 52.6 Å². The van der Waals surface area contributed by atoms with Crippen molar-refractivity contribution in [3.63, 3.8) is 0 Å². The molecule has 0 aliphatic rings. The van der Waals surface area contributed by atoms with Gasteiger partial charge < -0.3 is 10.4 Å². The number of phenolic OH excluding ortho intramolecular Hbond substituents is 1. The summed E-state index contributed by atoms with van der Waals surface area (Å²) in [5, 5.41) is 12.5. The number of carbonyl (C=O) groups excluding carboxylic acids is 1. The molecule has 1 rings (SSSR count). The number of hydrogen-bond acceptors (Lipinski definition) is 2. The number of rotatable bonds is 5. The molecule has 0 bridgehead atoms. The predicted octanol–water partition coefficient (Wildman–Crippen LogP) is 3.38. The van der Waals surface area contributed by atoms with Gasteiger partial charge in [-0.1, -0.05) is 13.8 Å². The summed E-state index contributed by atoms with van der Waals surface area (Å²) >= 11 is 7.82. The summed E-state index contributed by atoms with van der Waals surface area (Å²) < 4.78 is 0.913. The van der Waals surface area contributed by atoms with Gasteiger partial charge in [0.15, 0.2) is 0 Å². The number of halogens is 2. The molecule has 0 aliphatic carbocycles. The summed E-state index contributed by atoms with van der Waals surface area (Å²) in [7, 11) is 0. The quantitative estimate of drug-likeness (QED) is 0.607. The highest BCUT2D eigenvalue weighted by atomic mass is 127. The molecule has 0 heterocycles. The Morgan fingerprint density at radius 1 is 1.50 bits per heavy atom. The van der Waals surface area contributed by atoms with Crippen LogP contribution in [0.5, 0.6) is 5.75 Å². The van der Waals surface area contributed by atoms with E-state index in [2.05, 4.69) is 27.9 Å². The Labute approximate surface area is 126 Å². The van der Waals surface area contributed by atoms with Crippen LogP contribution in [0.4, 0.5) is 0 Å². The number of phenols is 1. The summed E-state index contributed by atoms with van der Waals surface area (Å²) in [5.74, 6) is 0.314. The predicted molar refractivity (Wildman–Crippen MR) is 82.3 cm³/mol. The van der Waals surface area contributed by atoms with Gasteiger partial charge in [-0.3, -0.25) is 4.79 Å². The van der Waals surface area contributed by atoms with Crippen molar-refractivity contribution in [3.05, 3.63) is 27.3 Å². The molecule has 5 heteroatoms. The van der Waals surface area contributed by atoms with Crippen LogP contribution in [0.15, 0.2) is 18.2 Å². The zero-order valence-corrected chi connectivity index (χ0v) is 13.4. The highest BCUT2D eigenvalue weighted by Gasteiger charge is 2.19. The van der Waals surface area contributed by atoms with Gasteiger partial charge in [-0.2, -0.15) is 0 Å². The lowest BCUT2D eigenvalue weighted by Crippen LogP contribution is -2.34. The lowest BCUT2D eigenvalue weighted by molar-refractivity contribution is 0.0933. The van der Waals surface area contributed by atoms with E-state index in [1.54, 1.807) is 12.1 Å². The zero-order valence-electron chi connectivity index (χ0n) is 10.5. The monoisotopic (exact) mass is 381 g/mol. The third-order valence-electron chi connectivity index (χ3n) is 2.70. The average molecular weight is 382 g/mol. The van der Waals surface area contributed by atoms with Crippen molar-refractivity contribution in [3.8, 4) is 5.75 Å². The fourth-order valence-electron chi connectivity index (χ4n) is 1.45. The second-order valence-corrected chi connectivity index (χ2v) is 6.57. The van der Waals surface area contributed by atoms with Crippen LogP contribution in [0, 0.1) is 8.99 Å². The van der Waals surface area contributed by atoms with Crippen molar-refractivity contribution in [1.82, 2.24) is 5.32 Å². The minimum absolute atomic E-state index is 0.00284. The molecule has 0 unspecified atom stereocenters. The molecule has 0 saturated carbocycles. The second kappa shape index (κ2) is 6.61. The third kappa shape index (κ3) is 4.65. The largest absolute Gasteiger partial charge is 0.507 e. The molecule has 1 amide bonds. The fourth-order valence-corrected chi connectivity index (χ4v) is 2.45. The van der Waals surface area contributed by atoms with Gasteiger partial charge >= 0.3 is 0 Å². The van der Waals surface area contributed by atoms with E-state index in [0.29, 0.717) is 18.0 Å². The average Bonchev–Trinajstić information content (AvgIpc) is 2.29. The maximum absolute atomic E-state index is 12.0. The number of carbonyl (C=O) groups is 1. The van der Waals surface area contributed by atoms with E-state index < -0.39 is 0 Å². The van der Waals surface area contributed by atoms with Crippen LogP contribution in [-0.4, -0.2) is 23.4 Å². The second-order valence-electron chi connectivity index (χ2n) is 4.95. The Balaban J connectivity index is 2.69. The number of aromatic hydroxyl groups is 1. The first-order chi connectivity index (χ1) is 8.35. The van der Waals surface area contributed by atoms with Crippen molar-refractivity contribution in [1.29, 1.82) is 0 Å². The smallest absolute Gasteiger partial charge is 0.255 e. The lowest BCUT2D eigenvalue weighted by Gasteiger charge is -2.23. The molecule has 1 aromatic carbocycles. The summed E-state index contributed by atoms with van der Waals surface area (Å²) in [5.41, 5.74) is 0.262. The summed E-state index contributed by atoms with van der Waals surface area (Å²) in [6, 6.07) is 4.95. The highest BCUT2D eigenvalue weighted by Crippen LogP contribution is 2.22. The maximum Gasteiger partial charge on any atom is 0.255 e. The van der Waals surface area contributed by atoms with Crippen molar-refractivity contribution in [2.45, 2.75) is 20.3 Å². The Hall–Kier alpha value is -0.490. The Kier molecular flexibility index (Phi) is 5.72. The molecule has 0 spiro atoms. The number of alkyl halides is 1. The minimum atomic E-state index is -0.256. The highest BCUT2D eigenvalue weighted by molar-refractivity contribution is 14.1. The van der Waals surface area contributed by atoms with Gasteiger partial charge in [0.1, 0.15) is 5.75 Å². The van der Waals surface area contributed by atoms with E-state index in [9.17, 15) is 9.90 Å². The Morgan fingerprint density at radius 2 is 2.17 bits per heavy atom. The van der Waals surface area contributed by atoms with Gasteiger partial charge in [-0.15, -0.1) is 11.6 Å². The van der Waals surface area contributed by atoms with E-state index in [1.165, 1.54) is 6.07 Å². The van der Waals surface area contributed by atoms with Gasteiger partial charge in [0.05, 0.1) is 5.56 Å². The molecule has 1 aromatic rings. The number of nitrogens with one attached hydrogen (secondary N) is 1. The first-order valence-electron chi connectivity index (χ1n) is 5.68. The molecule has 0 radical (unpaired) electrons. The first kappa shape index (κ1) is 15.6. The van der Waals surface area contributed by atoms with Crippen molar-refractivity contribution < 1.29 is 9.90 Å². The molecule has 2 N–H and O–H groups in total. The Morgan fingerprint density at radius 3 is 2.78 bits per heavy atom. The third-order valence-corrected chi connectivity index (χ3v) is 3.56. The van der Waals surface area contributed by atoms with E-state index in [-0.39, 0.29) is 17.1 Å². The van der Waals surface area contributed by atoms with Gasteiger partial charge in [-0.25, -0.2) is 0 Å². The number of benzene rings is 1. The molecule has 0 aromatic heterocycles. The first-order valence-corrected chi connectivity index (χ1v) is 7.30. The van der Waals surface area contributed by atoms with Crippen LogP contribution >= 0.6 is 34.2 Å². The SMILES string of the molecule is CC(C)(CCCl)CNC(=O)c1cc(I)ccc1O. The molecule has 0 saturated heterocycles. The summed E-state index contributed by atoms with van der Waals surface area (Å²) in [6.45, 7) is 4.62. The van der Waals surface area contributed by atoms with Crippen molar-refractivity contribution in [2.75, 3.05) is 12.4 Å². The van der Waals surface area contributed by atoms with Crippen molar-refractivity contribution in [2.24, 2.45) is 5.41 Å². The Bertz CT molecular complexity index is 435. The fraction of sp³-hybridized carbons (Fsp3) is 0.462. The zero-order chi connectivity index (χ0) is 13.8. The molecule has 100 valence electrons. The molecule has 0 aliphatic heterocycles. The van der Waals surface area contributed by atoms with Crippen LogP contribution in [0.3, 0.4) is 0 Å². The molecular weight excluding hydrogens is 365 g/mol. The normalized spacial score (nSPS) is 11.3. The van der Waals surface area contributed by atoms with Crippen LogP contribution in [0.2, 0.25) is 0 Å². The molecule has 3 nitrogen and oxygen atoms in total. The van der Waals surface area contributed by atoms with Crippen molar-refractivity contribution >= 4 is 40.1 Å². The lowest BCUT2D eigenvalue weighted by atomic mass is 9.90. The van der Waals surface area contributed by atoms with E-state index in [1.807, 2.05) is 13.8 Å². The van der Waals surface area contributed by atoms with Crippen LogP contribution in [-0.2, 0) is 0 Å². The maximum atomic E-state index is 12.0. The van der Waals surface area contributed by atoms with E-state index >= 15 is 0 Å². The summed E-state index contributed by atoms with van der Waals surface area (Å²) in [6.07, 6.45) is 0.827. The van der Waals surface area contributed by atoms with Gasteiger partial charge in [0.25, 0.3) is 5.91 Å². The molecule has 0 atom stereocenters. The van der Waals surface area contributed by atoms with E-state index in [4.69, 9.17) is 11.6 Å². The number of hydrogen-bond donors (Lipinski definition) is 2. The van der Waals surface area contributed by atoms with Gasteiger partial charge in [0, 0.05) is 16.0 Å². The van der Waals surface area contributed by atoms with Crippen LogP contribution < -0.4 is 5.32 Å². The standard InChI is InChI=1S/C13H17ClINO2/c1-13(2,5-6-14)8-16-12(18)10-7-9(15)3-4-11(10)17/h3-4,7,17H,5-6,8H2,1-2H3,(H,16,18). The molecular formula is C13H17ClINO2. The van der Waals surface area contributed by atoms with Gasteiger partial charge in [0.2, 0.25) is 0 Å². The molecule has 0 fully saturated rings. The van der Waals surface area contributed by atoms with Crippen LogP contribution in [0.1, 0.15) is 30.6 Å². The van der Waals surface area contributed by atoms with E-state index in [0.717, 1.165) is 9.99 Å². The van der Waals surface area contributed by atoms with Crippen LogP contribution in [0.25, 0.3) is 0 Å². The number of amides is 1. The molecule has 18 heavy (non-hydrogen) atoms. The topological polar surface area (TPSA) is 49.3 Å². The minimum Gasteiger partial charge on any atom is -0.507 e. The summed E-state index contributed by atoms with van der Waals surface area (Å²) in [4.78, 5) is 12.0.